The minimum atomic E-state index is -3.96. The minimum absolute atomic E-state index is 0.0548. The molecule has 0 radical (unpaired) electrons. The van der Waals surface area contributed by atoms with E-state index in [1.54, 1.807) is 70.5 Å². The molecule has 0 aliphatic rings. The van der Waals surface area contributed by atoms with E-state index in [9.17, 15) is 21.6 Å². The van der Waals surface area contributed by atoms with Crippen LogP contribution < -0.4 is 18.9 Å². The topological polar surface area (TPSA) is 168 Å². The van der Waals surface area contributed by atoms with Crippen LogP contribution in [0.1, 0.15) is 52.3 Å². The highest BCUT2D eigenvalue weighted by Gasteiger charge is 2.30. The van der Waals surface area contributed by atoms with Crippen LogP contribution in [-0.2, 0) is 66.9 Å². The third-order valence-electron chi connectivity index (χ3n) is 10.5. The van der Waals surface area contributed by atoms with E-state index in [4.69, 9.17) is 18.9 Å². The summed E-state index contributed by atoms with van der Waals surface area (Å²) in [5.41, 5.74) is 4.34. The van der Waals surface area contributed by atoms with Crippen molar-refractivity contribution in [2.75, 3.05) is 41.5 Å². The molecule has 2 aromatic heterocycles. The molecule has 0 spiro atoms. The predicted molar refractivity (Wildman–Crippen MR) is 243 cm³/mol. The summed E-state index contributed by atoms with van der Waals surface area (Å²) in [5.74, 6) is 2.81. The molecule has 0 saturated heterocycles. The summed E-state index contributed by atoms with van der Waals surface area (Å²) in [6, 6.07) is 32.1. The van der Waals surface area contributed by atoms with E-state index >= 15 is 0 Å². The zero-order valence-corrected chi connectivity index (χ0v) is 39.2. The Morgan fingerprint density at radius 2 is 0.812 bits per heavy atom. The average molecular weight is 916 g/mol. The largest absolute Gasteiger partial charge is 0.497 e. The van der Waals surface area contributed by atoms with Crippen molar-refractivity contribution in [3.8, 4) is 23.0 Å². The number of methoxy groups -OCH3 is 4. The first-order valence-electron chi connectivity index (χ1n) is 20.4. The van der Waals surface area contributed by atoms with Gasteiger partial charge in [-0.15, -0.1) is 0 Å². The van der Waals surface area contributed by atoms with Crippen molar-refractivity contribution in [2.45, 2.75) is 56.6 Å². The minimum Gasteiger partial charge on any atom is -0.497 e. The molecule has 0 saturated carbocycles. The molecule has 0 bridgehead atoms. The Balaban J connectivity index is 0.000000243. The van der Waals surface area contributed by atoms with Gasteiger partial charge < -0.3 is 18.9 Å². The summed E-state index contributed by atoms with van der Waals surface area (Å²) in [6.45, 7) is 7.25. The Labute approximate surface area is 376 Å². The van der Waals surface area contributed by atoms with Gasteiger partial charge in [0, 0.05) is 59.0 Å². The van der Waals surface area contributed by atoms with E-state index in [-0.39, 0.29) is 41.9 Å². The van der Waals surface area contributed by atoms with Crippen LogP contribution in [0.25, 0.3) is 0 Å². The van der Waals surface area contributed by atoms with Crippen molar-refractivity contribution >= 4 is 26.3 Å². The molecular formula is C46H57N7O9S2. The summed E-state index contributed by atoms with van der Waals surface area (Å²) < 4.78 is 80.7. The number of rotatable bonds is 21. The van der Waals surface area contributed by atoms with Gasteiger partial charge in [-0.05, 0) is 83.9 Å². The molecule has 16 nitrogen and oxygen atoms in total. The van der Waals surface area contributed by atoms with E-state index in [1.807, 2.05) is 72.8 Å². The van der Waals surface area contributed by atoms with Crippen LogP contribution in [0.4, 0.5) is 0 Å². The fraction of sp³-hybridized carbons (Fsp3) is 0.326. The number of hydrogen-bond acceptors (Lipinski definition) is 12. The van der Waals surface area contributed by atoms with Crippen LogP contribution in [0.2, 0.25) is 0 Å². The molecule has 0 aliphatic heterocycles. The van der Waals surface area contributed by atoms with Gasteiger partial charge in [0.25, 0.3) is 20.0 Å². The highest BCUT2D eigenvalue weighted by atomic mass is 32.2. The van der Waals surface area contributed by atoms with Crippen LogP contribution in [0, 0.1) is 0 Å². The monoisotopic (exact) mass is 915 g/mol. The number of hydrogen-bond donors (Lipinski definition) is 0. The fourth-order valence-electron chi connectivity index (χ4n) is 6.57. The number of aldehydes is 1. The van der Waals surface area contributed by atoms with Gasteiger partial charge in [-0.25, -0.2) is 16.8 Å². The number of aromatic nitrogens is 4. The molecule has 0 amide bonds. The van der Waals surface area contributed by atoms with Gasteiger partial charge in [-0.3, -0.25) is 19.1 Å². The van der Waals surface area contributed by atoms with E-state index in [1.165, 1.54) is 26.4 Å². The number of aryl methyl sites for hydroxylation is 2. The number of benzene rings is 4. The Morgan fingerprint density at radius 1 is 0.500 bits per heavy atom. The summed E-state index contributed by atoms with van der Waals surface area (Å²) in [7, 11) is 1.84. The quantitative estimate of drug-likeness (QED) is 0.0740. The number of ether oxygens (including phenoxy) is 4. The lowest BCUT2D eigenvalue weighted by Gasteiger charge is -2.21. The standard InChI is InChI=1S/C25H34N4O4S.C21H23N3O5S/c1-6-28(7-2)19-22-16-25(26-27(22)3)34(30,31)29(17-20-8-12-23(32-4)13-9-20)18-21-10-14-24(33-5)15-11-21;1-23-18(15-25)12-21(22-23)30(26,27)24(13-16-4-8-19(28-2)9-5-16)14-17-6-10-20(29-3)11-7-17/h8-16H,6-7,17-19H2,1-5H3;4-12,15H,13-14H2,1-3H3. The van der Waals surface area contributed by atoms with Gasteiger partial charge in [-0.1, -0.05) is 62.4 Å². The van der Waals surface area contributed by atoms with Gasteiger partial charge in [0.15, 0.2) is 16.3 Å². The molecule has 342 valence electrons. The van der Waals surface area contributed by atoms with Crippen molar-refractivity contribution < 1.29 is 40.6 Å². The molecule has 64 heavy (non-hydrogen) atoms. The zero-order valence-electron chi connectivity index (χ0n) is 37.5. The molecule has 0 N–H and O–H groups in total. The lowest BCUT2D eigenvalue weighted by atomic mass is 10.2. The lowest BCUT2D eigenvalue weighted by molar-refractivity contribution is 0.111. The number of nitrogens with zero attached hydrogens (tertiary/aromatic N) is 7. The Morgan fingerprint density at radius 3 is 1.09 bits per heavy atom. The predicted octanol–water partition coefficient (Wildman–Crippen LogP) is 6.31. The second-order valence-corrected chi connectivity index (χ2v) is 18.4. The van der Waals surface area contributed by atoms with Crippen molar-refractivity contribution in [2.24, 2.45) is 14.1 Å². The van der Waals surface area contributed by atoms with Crippen LogP contribution >= 0.6 is 0 Å². The molecule has 6 aromatic rings. The first kappa shape index (κ1) is 49.0. The summed E-state index contributed by atoms with van der Waals surface area (Å²) >= 11 is 0. The zero-order chi connectivity index (χ0) is 46.4. The highest BCUT2D eigenvalue weighted by molar-refractivity contribution is 7.89. The van der Waals surface area contributed by atoms with Crippen molar-refractivity contribution in [1.82, 2.24) is 33.1 Å². The molecule has 0 atom stereocenters. The van der Waals surface area contributed by atoms with Gasteiger partial charge in [0.1, 0.15) is 28.7 Å². The van der Waals surface area contributed by atoms with Crippen LogP contribution in [0.5, 0.6) is 23.0 Å². The van der Waals surface area contributed by atoms with Gasteiger partial charge in [0.2, 0.25) is 0 Å². The summed E-state index contributed by atoms with van der Waals surface area (Å²) in [6.07, 6.45) is 0.573. The van der Waals surface area contributed by atoms with E-state index < -0.39 is 20.0 Å². The van der Waals surface area contributed by atoms with E-state index in [2.05, 4.69) is 28.9 Å². The molecule has 6 rings (SSSR count). The second kappa shape index (κ2) is 22.5. The number of carbonyl (C=O) groups excluding carboxylic acids is 1. The molecule has 0 fully saturated rings. The molecule has 4 aromatic carbocycles. The smallest absolute Gasteiger partial charge is 0.263 e. The molecule has 18 heteroatoms. The van der Waals surface area contributed by atoms with Crippen LogP contribution in [0.15, 0.2) is 119 Å². The van der Waals surface area contributed by atoms with E-state index in [0.717, 1.165) is 52.5 Å². The highest BCUT2D eigenvalue weighted by Crippen LogP contribution is 2.26. The molecule has 0 unspecified atom stereocenters. The normalized spacial score (nSPS) is 11.7. The first-order chi connectivity index (χ1) is 30.7. The Kier molecular flexibility index (Phi) is 17.2. The maximum absolute atomic E-state index is 13.8. The fourth-order valence-corrected chi connectivity index (χ4v) is 9.38. The summed E-state index contributed by atoms with van der Waals surface area (Å²) in [5, 5.41) is 8.29. The summed E-state index contributed by atoms with van der Waals surface area (Å²) in [4.78, 5) is 13.4. The third-order valence-corrected chi connectivity index (χ3v) is 13.9. The van der Waals surface area contributed by atoms with Crippen molar-refractivity contribution in [1.29, 1.82) is 0 Å². The lowest BCUT2D eigenvalue weighted by Crippen LogP contribution is -2.30. The van der Waals surface area contributed by atoms with Crippen LogP contribution in [-0.4, -0.2) is 97.7 Å². The number of sulfonamides is 2. The van der Waals surface area contributed by atoms with E-state index in [0.29, 0.717) is 24.3 Å². The molecular weight excluding hydrogens is 859 g/mol. The Bertz CT molecular complexity index is 2530. The van der Waals surface area contributed by atoms with Crippen LogP contribution in [0.3, 0.4) is 0 Å². The maximum Gasteiger partial charge on any atom is 0.263 e. The molecule has 0 aliphatic carbocycles. The van der Waals surface area contributed by atoms with Gasteiger partial charge in [-0.2, -0.15) is 18.8 Å². The third kappa shape index (κ3) is 12.6. The van der Waals surface area contributed by atoms with Crippen molar-refractivity contribution in [3.05, 3.63) is 143 Å². The SMILES string of the molecule is CCN(CC)Cc1cc(S(=O)(=O)N(Cc2ccc(OC)cc2)Cc2ccc(OC)cc2)nn1C.COc1ccc(CN(Cc2ccc(OC)cc2)S(=O)(=O)c2cc(C=O)n(C)n2)cc1. The van der Waals surface area contributed by atoms with Gasteiger partial charge >= 0.3 is 0 Å². The second-order valence-electron chi connectivity index (χ2n) is 14.6. The molecule has 2 heterocycles. The first-order valence-corrected chi connectivity index (χ1v) is 23.3. The maximum atomic E-state index is 13.8. The Hall–Kier alpha value is -6.05. The number of carbonyl (C=O) groups is 1. The van der Waals surface area contributed by atoms with Crippen molar-refractivity contribution in [3.63, 3.8) is 0 Å². The van der Waals surface area contributed by atoms with Gasteiger partial charge in [0.05, 0.1) is 34.1 Å². The average Bonchev–Trinajstić information content (AvgIpc) is 3.90.